The van der Waals surface area contributed by atoms with Crippen LogP contribution in [-0.2, 0) is 24.2 Å². The van der Waals surface area contributed by atoms with Crippen molar-refractivity contribution in [2.75, 3.05) is 26.0 Å². The molecule has 1 aromatic heterocycles. The zero-order valence-electron chi connectivity index (χ0n) is 12.8. The number of amides is 1. The van der Waals surface area contributed by atoms with Gasteiger partial charge in [0.25, 0.3) is 0 Å². The van der Waals surface area contributed by atoms with Crippen LogP contribution in [0.25, 0.3) is 0 Å². The molecule has 116 valence electrons. The lowest BCUT2D eigenvalue weighted by atomic mass is 10.1. The lowest BCUT2D eigenvalue weighted by Gasteiger charge is -2.21. The molecule has 2 N–H and O–H groups in total. The Morgan fingerprint density at radius 2 is 2.18 bits per heavy atom. The molecule has 0 unspecified atom stereocenters. The zero-order valence-corrected chi connectivity index (χ0v) is 12.8. The van der Waals surface area contributed by atoms with E-state index in [4.69, 9.17) is 4.74 Å². The van der Waals surface area contributed by atoms with Crippen LogP contribution >= 0.6 is 0 Å². The Labute approximate surface area is 129 Å². The molecule has 0 saturated carbocycles. The van der Waals surface area contributed by atoms with E-state index in [9.17, 15) is 4.79 Å². The van der Waals surface area contributed by atoms with Crippen LogP contribution < -0.4 is 10.1 Å². The summed E-state index contributed by atoms with van der Waals surface area (Å²) >= 11 is 0. The van der Waals surface area contributed by atoms with E-state index in [1.54, 1.807) is 7.11 Å². The number of likely N-dealkylation sites (N-methyl/N-ethyl adjacent to an activating group) is 1. The third-order valence-corrected chi connectivity index (χ3v) is 3.91. The topological polar surface area (TPSA) is 70.2 Å². The molecule has 2 heterocycles. The second-order valence-corrected chi connectivity index (χ2v) is 5.59. The largest absolute Gasteiger partial charge is 0.497 e. The van der Waals surface area contributed by atoms with Gasteiger partial charge in [-0.25, -0.2) is 0 Å². The second-order valence-electron chi connectivity index (χ2n) is 5.59. The van der Waals surface area contributed by atoms with Gasteiger partial charge >= 0.3 is 0 Å². The molecule has 22 heavy (non-hydrogen) atoms. The molecular formula is C16H20N4O2. The van der Waals surface area contributed by atoms with Gasteiger partial charge in [0.1, 0.15) is 5.75 Å². The van der Waals surface area contributed by atoms with Gasteiger partial charge in [0.2, 0.25) is 5.91 Å². The van der Waals surface area contributed by atoms with Crippen LogP contribution in [0.2, 0.25) is 0 Å². The van der Waals surface area contributed by atoms with Gasteiger partial charge in [-0.3, -0.25) is 9.89 Å². The molecule has 2 aromatic rings. The van der Waals surface area contributed by atoms with Crippen molar-refractivity contribution in [1.29, 1.82) is 0 Å². The maximum Gasteiger partial charge on any atom is 0.230 e. The maximum atomic E-state index is 12.2. The number of ether oxygens (including phenoxy) is 1. The second kappa shape index (κ2) is 6.19. The number of rotatable bonds is 4. The normalized spacial score (nSPS) is 14.5. The lowest BCUT2D eigenvalue weighted by molar-refractivity contribution is -0.115. The summed E-state index contributed by atoms with van der Waals surface area (Å²) < 4.78 is 5.11. The Morgan fingerprint density at radius 3 is 2.91 bits per heavy atom. The number of anilines is 1. The van der Waals surface area contributed by atoms with Crippen molar-refractivity contribution in [2.24, 2.45) is 0 Å². The summed E-state index contributed by atoms with van der Waals surface area (Å²) in [5.74, 6) is 1.40. The van der Waals surface area contributed by atoms with Crippen LogP contribution in [0.4, 0.5) is 5.82 Å². The molecule has 0 bridgehead atoms. The van der Waals surface area contributed by atoms with Crippen molar-refractivity contribution in [2.45, 2.75) is 19.4 Å². The Balaban J connectivity index is 1.64. The molecule has 0 spiro atoms. The van der Waals surface area contributed by atoms with Crippen molar-refractivity contribution in [3.63, 3.8) is 0 Å². The third-order valence-electron chi connectivity index (χ3n) is 3.91. The van der Waals surface area contributed by atoms with E-state index in [-0.39, 0.29) is 5.91 Å². The predicted molar refractivity (Wildman–Crippen MR) is 84.0 cm³/mol. The molecule has 6 nitrogen and oxygen atoms in total. The summed E-state index contributed by atoms with van der Waals surface area (Å²) in [6.07, 6.45) is 1.23. The summed E-state index contributed by atoms with van der Waals surface area (Å²) in [6, 6.07) is 7.50. The Bertz CT molecular complexity index is 663. The Morgan fingerprint density at radius 1 is 1.41 bits per heavy atom. The van der Waals surface area contributed by atoms with Crippen molar-refractivity contribution in [3.05, 3.63) is 41.1 Å². The number of fused-ring (bicyclic) bond motifs is 1. The highest BCUT2D eigenvalue weighted by molar-refractivity contribution is 5.92. The number of aromatic nitrogens is 2. The van der Waals surface area contributed by atoms with Crippen molar-refractivity contribution in [1.82, 2.24) is 15.1 Å². The van der Waals surface area contributed by atoms with Gasteiger partial charge in [0, 0.05) is 18.7 Å². The van der Waals surface area contributed by atoms with Crippen molar-refractivity contribution in [3.8, 4) is 5.75 Å². The molecule has 0 saturated heterocycles. The number of nitrogens with one attached hydrogen (secondary N) is 2. The van der Waals surface area contributed by atoms with E-state index in [2.05, 4.69) is 27.5 Å². The van der Waals surface area contributed by atoms with Crippen LogP contribution in [0.1, 0.15) is 16.8 Å². The van der Waals surface area contributed by atoms with Gasteiger partial charge in [0.05, 0.1) is 19.2 Å². The molecule has 0 aliphatic carbocycles. The van der Waals surface area contributed by atoms with Gasteiger partial charge in [-0.1, -0.05) is 12.1 Å². The number of hydrogen-bond acceptors (Lipinski definition) is 4. The van der Waals surface area contributed by atoms with Crippen LogP contribution in [0.3, 0.4) is 0 Å². The van der Waals surface area contributed by atoms with E-state index >= 15 is 0 Å². The molecular weight excluding hydrogens is 280 g/mol. The molecule has 0 fully saturated rings. The van der Waals surface area contributed by atoms with Gasteiger partial charge in [0.15, 0.2) is 5.82 Å². The predicted octanol–water partition coefficient (Wildman–Crippen LogP) is 1.59. The number of hydrogen-bond donors (Lipinski definition) is 2. The van der Waals surface area contributed by atoms with E-state index in [0.717, 1.165) is 42.1 Å². The monoisotopic (exact) mass is 300 g/mol. The smallest absolute Gasteiger partial charge is 0.230 e. The minimum absolute atomic E-state index is 0.0570. The Hall–Kier alpha value is -2.34. The summed E-state index contributed by atoms with van der Waals surface area (Å²) in [5.41, 5.74) is 3.16. The average Bonchev–Trinajstić information content (AvgIpc) is 2.90. The van der Waals surface area contributed by atoms with E-state index in [1.165, 1.54) is 0 Å². The fourth-order valence-corrected chi connectivity index (χ4v) is 2.66. The number of methoxy groups -OCH3 is 1. The first-order chi connectivity index (χ1) is 10.7. The van der Waals surface area contributed by atoms with Gasteiger partial charge in [-0.15, -0.1) is 0 Å². The highest BCUT2D eigenvalue weighted by Crippen LogP contribution is 2.23. The standard InChI is InChI=1S/C16H20N4O2/c1-20-8-7-13-14(10-20)18-19-16(13)17-15(21)9-11-3-5-12(22-2)6-4-11/h3-6H,7-10H2,1-2H3,(H2,17,18,19,21). The summed E-state index contributed by atoms with van der Waals surface area (Å²) in [6.45, 7) is 1.82. The first kappa shape index (κ1) is 14.6. The number of benzene rings is 1. The molecule has 1 aliphatic rings. The first-order valence-corrected chi connectivity index (χ1v) is 7.33. The van der Waals surface area contributed by atoms with Crippen LogP contribution in [-0.4, -0.2) is 41.7 Å². The Kier molecular flexibility index (Phi) is 4.11. The molecule has 0 atom stereocenters. The zero-order chi connectivity index (χ0) is 15.5. The quantitative estimate of drug-likeness (QED) is 0.899. The lowest BCUT2D eigenvalue weighted by Crippen LogP contribution is -2.26. The average molecular weight is 300 g/mol. The number of carbonyl (C=O) groups is 1. The number of H-pyrrole nitrogens is 1. The molecule has 0 radical (unpaired) electrons. The molecule has 1 aromatic carbocycles. The van der Waals surface area contributed by atoms with Gasteiger partial charge in [-0.05, 0) is 31.2 Å². The minimum atomic E-state index is -0.0570. The van der Waals surface area contributed by atoms with Gasteiger partial charge in [-0.2, -0.15) is 5.10 Å². The highest BCUT2D eigenvalue weighted by atomic mass is 16.5. The van der Waals surface area contributed by atoms with Crippen LogP contribution in [0.5, 0.6) is 5.75 Å². The van der Waals surface area contributed by atoms with Gasteiger partial charge < -0.3 is 15.0 Å². The molecule has 1 amide bonds. The summed E-state index contributed by atoms with van der Waals surface area (Å²) in [5, 5.41) is 10.2. The maximum absolute atomic E-state index is 12.2. The number of nitrogens with zero attached hydrogens (tertiary/aromatic N) is 2. The molecule has 6 heteroatoms. The highest BCUT2D eigenvalue weighted by Gasteiger charge is 2.20. The van der Waals surface area contributed by atoms with E-state index in [0.29, 0.717) is 12.2 Å². The third kappa shape index (κ3) is 3.12. The SMILES string of the molecule is COc1ccc(CC(=O)Nc2n[nH]c3c2CCN(C)C3)cc1. The molecule has 1 aliphatic heterocycles. The number of carbonyl (C=O) groups excluding carboxylic acids is 1. The first-order valence-electron chi connectivity index (χ1n) is 7.33. The van der Waals surface area contributed by atoms with Crippen molar-refractivity contribution < 1.29 is 9.53 Å². The molecule has 3 rings (SSSR count). The van der Waals surface area contributed by atoms with E-state index < -0.39 is 0 Å². The van der Waals surface area contributed by atoms with Crippen molar-refractivity contribution >= 4 is 11.7 Å². The summed E-state index contributed by atoms with van der Waals surface area (Å²) in [4.78, 5) is 14.4. The fraction of sp³-hybridized carbons (Fsp3) is 0.375. The fourth-order valence-electron chi connectivity index (χ4n) is 2.66. The van der Waals surface area contributed by atoms with Crippen LogP contribution in [0, 0.1) is 0 Å². The minimum Gasteiger partial charge on any atom is -0.497 e. The van der Waals surface area contributed by atoms with Crippen LogP contribution in [0.15, 0.2) is 24.3 Å². The van der Waals surface area contributed by atoms with E-state index in [1.807, 2.05) is 24.3 Å². The summed E-state index contributed by atoms with van der Waals surface area (Å²) in [7, 11) is 3.70. The number of aromatic amines is 1.